The number of hydrogen-bond donors (Lipinski definition) is 1. The minimum atomic E-state index is -0.664. The van der Waals surface area contributed by atoms with E-state index in [1.54, 1.807) is 6.92 Å². The Morgan fingerprint density at radius 2 is 2.22 bits per heavy atom. The van der Waals surface area contributed by atoms with Gasteiger partial charge in [0.15, 0.2) is 0 Å². The highest BCUT2D eigenvalue weighted by Crippen LogP contribution is 2.22. The lowest BCUT2D eigenvalue weighted by molar-refractivity contribution is -0.384. The van der Waals surface area contributed by atoms with Crippen molar-refractivity contribution < 1.29 is 19.6 Å². The number of nitrogens with zero attached hydrogens (tertiary/aromatic N) is 1. The van der Waals surface area contributed by atoms with Crippen LogP contribution in [0.3, 0.4) is 0 Å². The van der Waals surface area contributed by atoms with Crippen LogP contribution in [0.15, 0.2) is 12.1 Å². The molecule has 0 amide bonds. The largest absolute Gasteiger partial charge is 0.465 e. The Morgan fingerprint density at radius 1 is 1.56 bits per heavy atom. The summed E-state index contributed by atoms with van der Waals surface area (Å²) in [6.45, 7) is 1.24. The van der Waals surface area contributed by atoms with Crippen molar-refractivity contribution in [2.24, 2.45) is 0 Å². The average molecular weight is 249 g/mol. The van der Waals surface area contributed by atoms with Gasteiger partial charge in [-0.05, 0) is 12.5 Å². The lowest BCUT2D eigenvalue weighted by Crippen LogP contribution is -2.06. The van der Waals surface area contributed by atoms with E-state index in [4.69, 9.17) is 5.11 Å². The van der Waals surface area contributed by atoms with Crippen LogP contribution in [0.4, 0.5) is 5.69 Å². The Bertz CT molecular complexity index is 554. The number of nitro groups is 1. The molecule has 0 aromatic heterocycles. The lowest BCUT2D eigenvalue weighted by Gasteiger charge is -2.06. The molecule has 0 saturated heterocycles. The first-order chi connectivity index (χ1) is 8.51. The van der Waals surface area contributed by atoms with Crippen LogP contribution in [0, 0.1) is 28.9 Å². The van der Waals surface area contributed by atoms with E-state index in [1.807, 2.05) is 0 Å². The van der Waals surface area contributed by atoms with Crippen LogP contribution in [-0.2, 0) is 4.74 Å². The predicted molar refractivity (Wildman–Crippen MR) is 63.1 cm³/mol. The van der Waals surface area contributed by atoms with Crippen molar-refractivity contribution in [1.82, 2.24) is 0 Å². The van der Waals surface area contributed by atoms with E-state index in [0.29, 0.717) is 11.1 Å². The first-order valence-electron chi connectivity index (χ1n) is 4.98. The van der Waals surface area contributed by atoms with Gasteiger partial charge in [0.1, 0.15) is 6.61 Å². The summed E-state index contributed by atoms with van der Waals surface area (Å²) in [6, 6.07) is 2.40. The van der Waals surface area contributed by atoms with Crippen molar-refractivity contribution >= 4 is 11.7 Å². The molecule has 1 rings (SSSR count). The van der Waals surface area contributed by atoms with Gasteiger partial charge < -0.3 is 9.84 Å². The third kappa shape index (κ3) is 2.84. The molecule has 0 fully saturated rings. The number of aliphatic hydroxyl groups excluding tert-OH is 1. The van der Waals surface area contributed by atoms with E-state index in [-0.39, 0.29) is 17.9 Å². The van der Waals surface area contributed by atoms with E-state index in [2.05, 4.69) is 16.6 Å². The van der Waals surface area contributed by atoms with Crippen molar-refractivity contribution in [3.63, 3.8) is 0 Å². The molecule has 0 bridgehead atoms. The number of nitro benzene ring substituents is 1. The molecule has 18 heavy (non-hydrogen) atoms. The molecular weight excluding hydrogens is 238 g/mol. The molecule has 0 atom stereocenters. The molecule has 0 aliphatic carbocycles. The maximum atomic E-state index is 11.5. The van der Waals surface area contributed by atoms with Crippen molar-refractivity contribution in [1.29, 1.82) is 0 Å². The van der Waals surface area contributed by atoms with Crippen molar-refractivity contribution in [3.05, 3.63) is 38.9 Å². The minimum Gasteiger partial charge on any atom is -0.465 e. The molecule has 0 radical (unpaired) electrons. The van der Waals surface area contributed by atoms with Crippen LogP contribution >= 0.6 is 0 Å². The third-order valence-electron chi connectivity index (χ3n) is 2.31. The number of methoxy groups -OCH3 is 1. The Labute approximate surface area is 103 Å². The zero-order valence-electron chi connectivity index (χ0n) is 9.89. The second-order valence-corrected chi connectivity index (χ2v) is 3.37. The second-order valence-electron chi connectivity index (χ2n) is 3.37. The molecular formula is C12H11NO5. The van der Waals surface area contributed by atoms with Gasteiger partial charge in [0, 0.05) is 17.7 Å². The average Bonchev–Trinajstić information content (AvgIpc) is 2.36. The molecule has 0 heterocycles. The summed E-state index contributed by atoms with van der Waals surface area (Å²) < 4.78 is 4.55. The molecule has 1 aromatic rings. The van der Waals surface area contributed by atoms with Gasteiger partial charge in [-0.2, -0.15) is 0 Å². The Morgan fingerprint density at radius 3 is 2.72 bits per heavy atom. The van der Waals surface area contributed by atoms with E-state index >= 15 is 0 Å². The number of benzene rings is 1. The fourth-order valence-corrected chi connectivity index (χ4v) is 1.39. The molecule has 1 N–H and O–H groups in total. The van der Waals surface area contributed by atoms with Gasteiger partial charge in [-0.1, -0.05) is 11.8 Å². The molecule has 94 valence electrons. The predicted octanol–water partition coefficient (Wildman–Crippen LogP) is 1.03. The zero-order chi connectivity index (χ0) is 13.7. The highest BCUT2D eigenvalue weighted by atomic mass is 16.6. The van der Waals surface area contributed by atoms with Gasteiger partial charge in [0.25, 0.3) is 5.69 Å². The summed E-state index contributed by atoms with van der Waals surface area (Å²) >= 11 is 0. The van der Waals surface area contributed by atoms with Crippen LogP contribution in [0.1, 0.15) is 21.5 Å². The Kier molecular flexibility index (Phi) is 4.40. The van der Waals surface area contributed by atoms with Gasteiger partial charge >= 0.3 is 5.97 Å². The van der Waals surface area contributed by atoms with Crippen LogP contribution < -0.4 is 0 Å². The topological polar surface area (TPSA) is 89.7 Å². The van der Waals surface area contributed by atoms with Gasteiger partial charge in [-0.15, -0.1) is 0 Å². The summed E-state index contributed by atoms with van der Waals surface area (Å²) in [5, 5.41) is 19.4. The molecule has 0 saturated carbocycles. The van der Waals surface area contributed by atoms with Gasteiger partial charge in [-0.25, -0.2) is 4.79 Å². The monoisotopic (exact) mass is 249 g/mol. The van der Waals surface area contributed by atoms with Crippen LogP contribution in [0.2, 0.25) is 0 Å². The minimum absolute atomic E-state index is 0.0916. The summed E-state index contributed by atoms with van der Waals surface area (Å²) in [5.41, 5.74) is 0.643. The molecule has 1 aromatic carbocycles. The number of hydrogen-bond acceptors (Lipinski definition) is 5. The lowest BCUT2D eigenvalue weighted by atomic mass is 10.0. The number of rotatable bonds is 2. The van der Waals surface area contributed by atoms with Gasteiger partial charge in [0.05, 0.1) is 17.6 Å². The normalized spacial score (nSPS) is 9.28. The maximum Gasteiger partial charge on any atom is 0.338 e. The molecule has 0 unspecified atom stereocenters. The summed E-state index contributed by atoms with van der Waals surface area (Å²) in [5.74, 6) is 4.29. The third-order valence-corrected chi connectivity index (χ3v) is 2.31. The van der Waals surface area contributed by atoms with Crippen LogP contribution in [0.5, 0.6) is 0 Å². The van der Waals surface area contributed by atoms with Crippen LogP contribution in [0.25, 0.3) is 0 Å². The Hall–Kier alpha value is -2.39. The fourth-order valence-electron chi connectivity index (χ4n) is 1.39. The smallest absolute Gasteiger partial charge is 0.338 e. The van der Waals surface area contributed by atoms with E-state index in [1.165, 1.54) is 13.2 Å². The standard InChI is InChI=1S/C12H11NO5/c1-8-9(4-3-5-14)6-10(13(16)17)7-11(8)12(15)18-2/h6-7,14H,5H2,1-2H3. The number of esters is 1. The highest BCUT2D eigenvalue weighted by molar-refractivity contribution is 5.92. The van der Waals surface area contributed by atoms with Crippen LogP contribution in [-0.4, -0.2) is 29.7 Å². The Balaban J connectivity index is 3.47. The number of carbonyl (C=O) groups is 1. The maximum absolute atomic E-state index is 11.5. The second kappa shape index (κ2) is 5.80. The van der Waals surface area contributed by atoms with E-state index in [0.717, 1.165) is 6.07 Å². The molecule has 6 nitrogen and oxygen atoms in total. The summed E-state index contributed by atoms with van der Waals surface area (Å²) in [6.07, 6.45) is 0. The van der Waals surface area contributed by atoms with Crippen molar-refractivity contribution in [2.45, 2.75) is 6.92 Å². The SMILES string of the molecule is COC(=O)c1cc([N+](=O)[O-])cc(C#CCO)c1C. The molecule has 6 heteroatoms. The number of carbonyl (C=O) groups excluding carboxylic acids is 1. The number of aliphatic hydroxyl groups is 1. The summed E-state index contributed by atoms with van der Waals surface area (Å²) in [4.78, 5) is 21.6. The van der Waals surface area contributed by atoms with E-state index in [9.17, 15) is 14.9 Å². The quantitative estimate of drug-likeness (QED) is 0.366. The van der Waals surface area contributed by atoms with Gasteiger partial charge in [-0.3, -0.25) is 10.1 Å². The summed E-state index contributed by atoms with van der Waals surface area (Å²) in [7, 11) is 1.19. The first-order valence-corrected chi connectivity index (χ1v) is 4.98. The zero-order valence-corrected chi connectivity index (χ0v) is 9.89. The first kappa shape index (κ1) is 13.7. The molecule has 0 aliphatic heterocycles. The number of non-ortho nitro benzene ring substituents is 1. The molecule has 0 spiro atoms. The van der Waals surface area contributed by atoms with E-state index < -0.39 is 10.9 Å². The van der Waals surface area contributed by atoms with Crippen molar-refractivity contribution in [2.75, 3.05) is 13.7 Å². The molecule has 0 aliphatic rings. The van der Waals surface area contributed by atoms with Crippen molar-refractivity contribution in [3.8, 4) is 11.8 Å². The fraction of sp³-hybridized carbons (Fsp3) is 0.250. The highest BCUT2D eigenvalue weighted by Gasteiger charge is 2.18. The number of ether oxygens (including phenoxy) is 1. The van der Waals surface area contributed by atoms with Gasteiger partial charge in [0.2, 0.25) is 0 Å².